The van der Waals surface area contributed by atoms with Crippen LogP contribution in [0, 0.1) is 0 Å². The van der Waals surface area contributed by atoms with E-state index in [4.69, 9.17) is 9.47 Å². The minimum Gasteiger partial charge on any atom is -0.494 e. The number of pyridine rings is 2. The number of hydrogen-bond acceptors (Lipinski definition) is 8. The Bertz CT molecular complexity index is 2580. The first-order valence-electron chi connectivity index (χ1n) is 23.1. The maximum Gasteiger partial charge on any atom is 0.209 e. The van der Waals surface area contributed by atoms with Crippen molar-refractivity contribution in [1.82, 2.24) is 19.0 Å². The number of hydrogen-bond donors (Lipinski definition) is 1. The molecule has 0 spiro atoms. The van der Waals surface area contributed by atoms with Crippen LogP contribution < -0.4 is 14.8 Å². The van der Waals surface area contributed by atoms with Crippen molar-refractivity contribution in [2.75, 3.05) is 39.4 Å². The number of aromatic nitrogens is 2. The summed E-state index contributed by atoms with van der Waals surface area (Å²) in [6, 6.07) is 24.9. The molecule has 0 amide bonds. The molecule has 0 aliphatic heterocycles. The summed E-state index contributed by atoms with van der Waals surface area (Å²) in [6.07, 6.45) is 14.3. The smallest absolute Gasteiger partial charge is 0.209 e. The predicted molar refractivity (Wildman–Crippen MR) is 261 cm³/mol. The molecule has 4 aromatic heterocycles. The van der Waals surface area contributed by atoms with Crippen LogP contribution in [0.1, 0.15) is 124 Å². The van der Waals surface area contributed by atoms with E-state index < -0.39 is 19.7 Å². The molecular weight excluding hydrogens is 841 g/mol. The highest BCUT2D eigenvalue weighted by Crippen LogP contribution is 2.36. The van der Waals surface area contributed by atoms with E-state index >= 15 is 0 Å². The van der Waals surface area contributed by atoms with Gasteiger partial charge in [0.15, 0.2) is 0 Å². The van der Waals surface area contributed by atoms with E-state index in [0.717, 1.165) is 50.1 Å². The molecule has 0 unspecified atom stereocenters. The van der Waals surface area contributed by atoms with Crippen molar-refractivity contribution in [1.29, 1.82) is 0 Å². The number of nitrogens with one attached hydrogen (secondary N) is 1. The molecule has 0 fully saturated rings. The van der Waals surface area contributed by atoms with E-state index in [2.05, 4.69) is 44.8 Å². The van der Waals surface area contributed by atoms with Gasteiger partial charge in [-0.1, -0.05) is 66.5 Å². The fourth-order valence-electron chi connectivity index (χ4n) is 7.61. The molecule has 348 valence electrons. The van der Waals surface area contributed by atoms with Gasteiger partial charge in [-0.05, 0) is 162 Å². The zero-order valence-corrected chi connectivity index (χ0v) is 41.3. The molecule has 4 heterocycles. The van der Waals surface area contributed by atoms with Crippen LogP contribution in [-0.4, -0.2) is 75.5 Å². The molecule has 6 rings (SSSR count). The summed E-state index contributed by atoms with van der Waals surface area (Å²) >= 11 is 0. The van der Waals surface area contributed by atoms with Gasteiger partial charge in [0.2, 0.25) is 19.7 Å². The highest BCUT2D eigenvalue weighted by Gasteiger charge is 2.28. The molecule has 0 saturated carbocycles. The third kappa shape index (κ3) is 13.2. The second-order valence-corrected chi connectivity index (χ2v) is 22.0. The lowest BCUT2D eigenvalue weighted by Gasteiger charge is -2.21. The predicted octanol–water partition coefficient (Wildman–Crippen LogP) is 11.6. The number of sulfone groups is 2. The second-order valence-electron chi connectivity index (χ2n) is 18.2. The molecule has 2 aromatic carbocycles. The number of nitrogens with zero attached hydrogens (tertiary/aromatic N) is 3. The summed E-state index contributed by atoms with van der Waals surface area (Å²) in [6.45, 7) is 24.3. The van der Waals surface area contributed by atoms with Gasteiger partial charge in [-0.25, -0.2) is 16.8 Å². The molecule has 0 saturated heterocycles. The van der Waals surface area contributed by atoms with Crippen molar-refractivity contribution in [3.8, 4) is 11.5 Å². The van der Waals surface area contributed by atoms with Crippen molar-refractivity contribution in [2.24, 2.45) is 0 Å². The van der Waals surface area contributed by atoms with Crippen LogP contribution in [0.3, 0.4) is 0 Å². The Hall–Kier alpha value is -4.62. The van der Waals surface area contributed by atoms with Gasteiger partial charge in [0.1, 0.15) is 21.3 Å². The van der Waals surface area contributed by atoms with Gasteiger partial charge in [-0.15, -0.1) is 0 Å². The minimum absolute atomic E-state index is 0.0914. The molecule has 1 N–H and O–H groups in total. The van der Waals surface area contributed by atoms with E-state index in [1.807, 2.05) is 97.7 Å². The van der Waals surface area contributed by atoms with Crippen molar-refractivity contribution in [3.63, 3.8) is 0 Å². The van der Waals surface area contributed by atoms with Gasteiger partial charge in [0.05, 0.1) is 34.0 Å². The molecular formula is C52H72N4O6S2. The van der Waals surface area contributed by atoms with E-state index in [0.29, 0.717) is 50.4 Å². The van der Waals surface area contributed by atoms with Crippen LogP contribution in [0.4, 0.5) is 0 Å². The quantitative estimate of drug-likeness (QED) is 0.0671. The summed E-state index contributed by atoms with van der Waals surface area (Å²) in [4.78, 5) is 3.89. The number of ether oxygens (including phenoxy) is 2. The Morgan fingerprint density at radius 3 is 1.38 bits per heavy atom. The molecule has 64 heavy (non-hydrogen) atoms. The maximum absolute atomic E-state index is 13.6. The molecule has 0 atom stereocenters. The molecule has 6 aromatic rings. The lowest BCUT2D eigenvalue weighted by Crippen LogP contribution is -2.36. The molecule has 0 bridgehead atoms. The number of rotatable bonds is 22. The van der Waals surface area contributed by atoms with E-state index in [1.54, 1.807) is 48.5 Å². The summed E-state index contributed by atoms with van der Waals surface area (Å²) in [7, 11) is -7.30. The van der Waals surface area contributed by atoms with Crippen LogP contribution in [0.15, 0.2) is 129 Å². The van der Waals surface area contributed by atoms with E-state index in [-0.39, 0.29) is 22.3 Å². The minimum atomic E-state index is -3.65. The lowest BCUT2D eigenvalue weighted by atomic mass is 10.1. The number of benzene rings is 2. The Balaban J connectivity index is 0.000000243. The van der Waals surface area contributed by atoms with Crippen LogP contribution >= 0.6 is 0 Å². The second kappa shape index (κ2) is 23.0. The first-order chi connectivity index (χ1) is 30.5. The zero-order valence-electron chi connectivity index (χ0n) is 39.6. The average Bonchev–Trinajstić information content (AvgIpc) is 3.87. The van der Waals surface area contributed by atoms with Crippen LogP contribution in [0.25, 0.3) is 11.0 Å². The summed E-state index contributed by atoms with van der Waals surface area (Å²) in [5.74, 6) is 1.58. The largest absolute Gasteiger partial charge is 0.494 e. The first-order valence-corrected chi connectivity index (χ1v) is 26.1. The summed E-state index contributed by atoms with van der Waals surface area (Å²) in [5.41, 5.74) is 3.17. The molecule has 0 aliphatic carbocycles. The molecule has 12 heteroatoms. The van der Waals surface area contributed by atoms with Crippen LogP contribution in [-0.2, 0) is 19.7 Å². The molecule has 10 nitrogen and oxygen atoms in total. The topological polar surface area (TPSA) is 111 Å². The third-order valence-electron chi connectivity index (χ3n) is 11.2. The van der Waals surface area contributed by atoms with Crippen LogP contribution in [0.5, 0.6) is 11.5 Å². The normalized spacial score (nSPS) is 12.4. The Labute approximate surface area is 383 Å². The Kier molecular flexibility index (Phi) is 18.1. The monoisotopic (exact) mass is 912 g/mol. The van der Waals surface area contributed by atoms with Crippen LogP contribution in [0.2, 0.25) is 0 Å². The summed E-state index contributed by atoms with van der Waals surface area (Å²) in [5, 5.41) is 3.42. The number of fused-ring (bicyclic) bond motifs is 2. The van der Waals surface area contributed by atoms with Gasteiger partial charge in [-0.3, -0.25) is 0 Å². The first kappa shape index (κ1) is 50.4. The van der Waals surface area contributed by atoms with Gasteiger partial charge >= 0.3 is 0 Å². The summed E-state index contributed by atoms with van der Waals surface area (Å²) < 4.78 is 69.6. The SMILES string of the molecule is CC(C)c1cn2ccccc2c1S(=O)(=O)c1ccc(OCCCNC(C)(C)C)cc1.CCCCN(CCCC)CCCOc1ccc(S(=O)(=O)c2c(C(C)C)cn3ccccc23)cc1. The van der Waals surface area contributed by atoms with Gasteiger partial charge in [-0.2, -0.15) is 0 Å². The van der Waals surface area contributed by atoms with Gasteiger partial charge < -0.3 is 28.5 Å². The van der Waals surface area contributed by atoms with Crippen molar-refractivity contribution in [3.05, 3.63) is 121 Å². The van der Waals surface area contributed by atoms with Crippen molar-refractivity contribution in [2.45, 2.75) is 138 Å². The number of unbranched alkanes of at least 4 members (excludes halogenated alkanes) is 2. The fourth-order valence-corrected chi connectivity index (χ4v) is 11.2. The highest BCUT2D eigenvalue weighted by molar-refractivity contribution is 7.92. The Morgan fingerprint density at radius 2 is 0.984 bits per heavy atom. The molecule has 0 radical (unpaired) electrons. The molecule has 0 aliphatic rings. The van der Waals surface area contributed by atoms with Crippen molar-refractivity contribution >= 4 is 30.7 Å². The standard InChI is InChI=1S/C28H40N2O3S.C24H32N2O3S/c1-5-7-17-29(18-8-6-2)19-11-21-33-24-13-15-25(16-14-24)34(31,32)28-26(23(3)4)22-30-20-10-9-12-27(28)30;1-18(2)21-17-26-15-7-6-9-22(26)23(21)30(27,28)20-12-10-19(11-13-20)29-16-8-14-25-24(3,4)5/h9-10,12-16,20,22-23H,5-8,11,17-19,21H2,1-4H3;6-7,9-13,15,17-18,25H,8,14,16H2,1-5H3. The Morgan fingerprint density at radius 1 is 0.578 bits per heavy atom. The van der Waals surface area contributed by atoms with Crippen molar-refractivity contribution < 1.29 is 26.3 Å². The highest BCUT2D eigenvalue weighted by atomic mass is 32.2. The fraction of sp³-hybridized carbons (Fsp3) is 0.462. The van der Waals surface area contributed by atoms with Gasteiger partial charge in [0.25, 0.3) is 0 Å². The maximum atomic E-state index is 13.6. The lowest BCUT2D eigenvalue weighted by molar-refractivity contribution is 0.229. The zero-order chi connectivity index (χ0) is 46.5. The third-order valence-corrected chi connectivity index (χ3v) is 14.9. The van der Waals surface area contributed by atoms with E-state index in [9.17, 15) is 16.8 Å². The van der Waals surface area contributed by atoms with E-state index in [1.165, 1.54) is 25.7 Å². The average molecular weight is 913 g/mol. The van der Waals surface area contributed by atoms with Gasteiger partial charge in [0, 0.05) is 36.9 Å².